The predicted octanol–water partition coefficient (Wildman–Crippen LogP) is 3.64. The molecule has 3 aromatic heterocycles. The van der Waals surface area contributed by atoms with Gasteiger partial charge in [-0.15, -0.1) is 0 Å². The minimum absolute atomic E-state index is 0.186. The first-order chi connectivity index (χ1) is 14.7. The molecule has 5 aromatic rings. The summed E-state index contributed by atoms with van der Waals surface area (Å²) in [6.07, 6.45) is 5.04. The van der Waals surface area contributed by atoms with Crippen molar-refractivity contribution >= 4 is 10.9 Å². The van der Waals surface area contributed by atoms with Gasteiger partial charge in [-0.3, -0.25) is 9.78 Å². The number of methoxy groups -OCH3 is 1. The van der Waals surface area contributed by atoms with E-state index in [-0.39, 0.29) is 5.43 Å². The van der Waals surface area contributed by atoms with Crippen molar-refractivity contribution in [2.75, 3.05) is 7.11 Å². The summed E-state index contributed by atoms with van der Waals surface area (Å²) in [5.41, 5.74) is 3.20. The molecule has 3 heterocycles. The van der Waals surface area contributed by atoms with Crippen molar-refractivity contribution in [1.82, 2.24) is 24.5 Å². The Balaban J connectivity index is 1.68. The van der Waals surface area contributed by atoms with Gasteiger partial charge >= 0.3 is 0 Å². The minimum atomic E-state index is -0.186. The fourth-order valence-electron chi connectivity index (χ4n) is 3.42. The molecule has 7 heteroatoms. The number of benzene rings is 2. The molecule has 0 unspecified atom stereocenters. The van der Waals surface area contributed by atoms with Gasteiger partial charge in [0.2, 0.25) is 5.43 Å². The lowest BCUT2D eigenvalue weighted by molar-refractivity contribution is 0.414. The van der Waals surface area contributed by atoms with Gasteiger partial charge in [0.25, 0.3) is 0 Å². The lowest BCUT2D eigenvalue weighted by atomic mass is 10.2. The number of fused-ring (bicyclic) bond motifs is 1. The first kappa shape index (κ1) is 17.8. The van der Waals surface area contributed by atoms with Gasteiger partial charge < -0.3 is 4.74 Å². The fraction of sp³-hybridized carbons (Fsp3) is 0.0435. The van der Waals surface area contributed by atoms with E-state index in [2.05, 4.69) is 15.2 Å². The van der Waals surface area contributed by atoms with Crippen molar-refractivity contribution in [2.24, 2.45) is 0 Å². The number of para-hydroxylation sites is 1. The van der Waals surface area contributed by atoms with Gasteiger partial charge in [-0.1, -0.05) is 24.3 Å². The summed E-state index contributed by atoms with van der Waals surface area (Å²) in [5.74, 6) is 0.711. The van der Waals surface area contributed by atoms with Crippen LogP contribution in [-0.2, 0) is 0 Å². The van der Waals surface area contributed by atoms with Gasteiger partial charge in [0.1, 0.15) is 5.75 Å². The molecule has 0 atom stereocenters. The van der Waals surface area contributed by atoms with Gasteiger partial charge in [0.15, 0.2) is 5.69 Å². The molecular formula is C23H17N5O2. The highest BCUT2D eigenvalue weighted by Crippen LogP contribution is 2.24. The molecule has 7 nitrogen and oxygen atoms in total. The number of nitrogens with zero attached hydrogens (tertiary/aromatic N) is 5. The van der Waals surface area contributed by atoms with E-state index < -0.39 is 0 Å². The molecule has 0 bridgehead atoms. The van der Waals surface area contributed by atoms with Crippen molar-refractivity contribution < 1.29 is 4.74 Å². The Labute approximate surface area is 171 Å². The van der Waals surface area contributed by atoms with Crippen LogP contribution in [-0.4, -0.2) is 31.7 Å². The monoisotopic (exact) mass is 395 g/mol. The lowest BCUT2D eigenvalue weighted by Gasteiger charge is -2.11. The highest BCUT2D eigenvalue weighted by atomic mass is 16.5. The highest BCUT2D eigenvalue weighted by Gasteiger charge is 2.15. The molecule has 0 aliphatic carbocycles. The Morgan fingerprint density at radius 1 is 0.933 bits per heavy atom. The van der Waals surface area contributed by atoms with E-state index in [0.717, 1.165) is 22.3 Å². The molecule has 5 rings (SSSR count). The van der Waals surface area contributed by atoms with Crippen molar-refractivity contribution in [2.45, 2.75) is 0 Å². The topological polar surface area (TPSA) is 74.8 Å². The first-order valence-electron chi connectivity index (χ1n) is 9.37. The van der Waals surface area contributed by atoms with Crippen LogP contribution in [0, 0.1) is 0 Å². The van der Waals surface area contributed by atoms with Crippen LogP contribution in [0.1, 0.15) is 0 Å². The smallest absolute Gasteiger partial charge is 0.209 e. The normalized spacial score (nSPS) is 11.0. The standard InChI is InChI=1S/C23H17N5O2/c1-30-17-6-4-5-16(15-17)27-14-11-22(29)23(26-27)21-10-13-25-28(21)20-9-12-24-19-8-3-2-7-18(19)20/h2-15H,1H3. The largest absolute Gasteiger partial charge is 0.497 e. The average Bonchev–Trinajstić information content (AvgIpc) is 3.28. The van der Waals surface area contributed by atoms with Crippen molar-refractivity contribution in [1.29, 1.82) is 0 Å². The third-order valence-corrected chi connectivity index (χ3v) is 4.87. The van der Waals surface area contributed by atoms with Crippen LogP contribution in [0.25, 0.3) is 33.7 Å². The summed E-state index contributed by atoms with van der Waals surface area (Å²) in [6, 6.07) is 20.5. The second-order valence-electron chi connectivity index (χ2n) is 6.65. The van der Waals surface area contributed by atoms with Crippen LogP contribution >= 0.6 is 0 Å². The number of rotatable bonds is 4. The van der Waals surface area contributed by atoms with E-state index in [4.69, 9.17) is 4.74 Å². The SMILES string of the molecule is COc1cccc(-n2ccc(=O)c(-c3ccnn3-c3ccnc4ccccc34)n2)c1. The number of hydrogen-bond acceptors (Lipinski definition) is 5. The molecular weight excluding hydrogens is 378 g/mol. The second kappa shape index (κ2) is 7.29. The predicted molar refractivity (Wildman–Crippen MR) is 114 cm³/mol. The molecule has 30 heavy (non-hydrogen) atoms. The maximum absolute atomic E-state index is 12.7. The maximum atomic E-state index is 12.7. The Morgan fingerprint density at radius 3 is 2.73 bits per heavy atom. The zero-order valence-electron chi connectivity index (χ0n) is 16.1. The molecule has 0 N–H and O–H groups in total. The van der Waals surface area contributed by atoms with Gasteiger partial charge in [-0.05, 0) is 30.3 Å². The van der Waals surface area contributed by atoms with E-state index in [9.17, 15) is 4.79 Å². The first-order valence-corrected chi connectivity index (χ1v) is 9.37. The van der Waals surface area contributed by atoms with Gasteiger partial charge in [-0.25, -0.2) is 9.36 Å². The van der Waals surface area contributed by atoms with Gasteiger partial charge in [0, 0.05) is 29.9 Å². The number of ether oxygens (including phenoxy) is 1. The molecule has 0 saturated carbocycles. The molecule has 0 fully saturated rings. The highest BCUT2D eigenvalue weighted by molar-refractivity contribution is 5.87. The van der Waals surface area contributed by atoms with Crippen molar-refractivity contribution in [3.05, 3.63) is 95.5 Å². The van der Waals surface area contributed by atoms with Crippen LogP contribution in [0.2, 0.25) is 0 Å². The molecule has 0 aliphatic rings. The molecule has 0 saturated heterocycles. The number of aromatic nitrogens is 5. The third-order valence-electron chi connectivity index (χ3n) is 4.87. The Kier molecular flexibility index (Phi) is 4.33. The van der Waals surface area contributed by atoms with Crippen LogP contribution in [0.5, 0.6) is 5.75 Å². The van der Waals surface area contributed by atoms with Crippen LogP contribution in [0.4, 0.5) is 0 Å². The Morgan fingerprint density at radius 2 is 1.83 bits per heavy atom. The van der Waals surface area contributed by atoms with E-state index in [0.29, 0.717) is 17.1 Å². The van der Waals surface area contributed by atoms with E-state index in [1.807, 2.05) is 54.6 Å². The molecule has 0 radical (unpaired) electrons. The molecule has 2 aromatic carbocycles. The van der Waals surface area contributed by atoms with E-state index in [1.165, 1.54) is 6.07 Å². The molecule has 0 amide bonds. The summed E-state index contributed by atoms with van der Waals surface area (Å²) in [6.45, 7) is 0. The average molecular weight is 395 g/mol. The fourth-order valence-corrected chi connectivity index (χ4v) is 3.42. The Hall–Kier alpha value is -4.26. The zero-order valence-corrected chi connectivity index (χ0v) is 16.1. The molecule has 146 valence electrons. The number of hydrogen-bond donors (Lipinski definition) is 0. The minimum Gasteiger partial charge on any atom is -0.497 e. The van der Waals surface area contributed by atoms with E-state index in [1.54, 1.807) is 41.1 Å². The van der Waals surface area contributed by atoms with Gasteiger partial charge in [-0.2, -0.15) is 10.2 Å². The Bertz CT molecular complexity index is 1420. The van der Waals surface area contributed by atoms with Crippen LogP contribution in [0.15, 0.2) is 90.1 Å². The summed E-state index contributed by atoms with van der Waals surface area (Å²) < 4.78 is 8.68. The lowest BCUT2D eigenvalue weighted by Crippen LogP contribution is -2.15. The summed E-state index contributed by atoms with van der Waals surface area (Å²) in [5, 5.41) is 10.0. The van der Waals surface area contributed by atoms with Crippen molar-refractivity contribution in [3.63, 3.8) is 0 Å². The second-order valence-corrected chi connectivity index (χ2v) is 6.65. The van der Waals surface area contributed by atoms with E-state index >= 15 is 0 Å². The quantitative estimate of drug-likeness (QED) is 0.464. The van der Waals surface area contributed by atoms with Crippen LogP contribution < -0.4 is 10.2 Å². The third kappa shape index (κ3) is 3.02. The maximum Gasteiger partial charge on any atom is 0.209 e. The van der Waals surface area contributed by atoms with Crippen molar-refractivity contribution in [3.8, 4) is 28.5 Å². The van der Waals surface area contributed by atoms with Gasteiger partial charge in [0.05, 0.1) is 35.9 Å². The molecule has 0 spiro atoms. The summed E-state index contributed by atoms with van der Waals surface area (Å²) in [4.78, 5) is 17.1. The summed E-state index contributed by atoms with van der Waals surface area (Å²) >= 11 is 0. The number of pyridine rings is 1. The van der Waals surface area contributed by atoms with Crippen LogP contribution in [0.3, 0.4) is 0 Å². The molecule has 0 aliphatic heterocycles. The zero-order chi connectivity index (χ0) is 20.5. The summed E-state index contributed by atoms with van der Waals surface area (Å²) in [7, 11) is 1.61.